The SMILES string of the molecule is C.C.C.C.C1=NCc2ccccc21.CC(C)C.CC(C)C.CC(C)C.c1ccc2c(c1)CCC2.c1ccc2c(c1)OCCO2. The van der Waals surface area contributed by atoms with Crippen LogP contribution in [0.5, 0.6) is 11.5 Å². The minimum atomic E-state index is 0. The molecule has 0 radical (unpaired) electrons. The van der Waals surface area contributed by atoms with E-state index < -0.39 is 0 Å². The van der Waals surface area contributed by atoms with Crippen molar-refractivity contribution in [1.29, 1.82) is 0 Å². The summed E-state index contributed by atoms with van der Waals surface area (Å²) in [5.74, 6) is 4.21. The Morgan fingerprint density at radius 1 is 0.500 bits per heavy atom. The second-order valence-electron chi connectivity index (χ2n) is 12.1. The van der Waals surface area contributed by atoms with E-state index in [4.69, 9.17) is 9.47 Å². The summed E-state index contributed by atoms with van der Waals surface area (Å²) in [5.41, 5.74) is 5.75. The van der Waals surface area contributed by atoms with Crippen LogP contribution in [0.1, 0.15) is 121 Å². The summed E-state index contributed by atoms with van der Waals surface area (Å²) in [6.45, 7) is 21.7. The van der Waals surface area contributed by atoms with E-state index in [1.165, 1.54) is 30.4 Å². The van der Waals surface area contributed by atoms with Gasteiger partial charge in [0, 0.05) is 6.21 Å². The Hall–Kier alpha value is -3.07. The fourth-order valence-electron chi connectivity index (χ4n) is 3.55. The third-order valence-corrected chi connectivity index (χ3v) is 5.01. The zero-order valence-corrected chi connectivity index (χ0v) is 26.7. The Labute approximate surface area is 275 Å². The molecule has 0 aromatic heterocycles. The van der Waals surface area contributed by atoms with Crippen molar-refractivity contribution in [2.75, 3.05) is 13.2 Å². The van der Waals surface area contributed by atoms with Gasteiger partial charge in [-0.05, 0) is 71.4 Å². The van der Waals surface area contributed by atoms with Crippen LogP contribution in [0.15, 0.2) is 77.8 Å². The molecule has 0 spiro atoms. The second kappa shape index (κ2) is 28.7. The third-order valence-electron chi connectivity index (χ3n) is 5.01. The summed E-state index contributed by atoms with van der Waals surface area (Å²) >= 11 is 0. The molecule has 0 bridgehead atoms. The molecule has 6 rings (SSSR count). The van der Waals surface area contributed by atoms with E-state index in [1.54, 1.807) is 11.1 Å². The van der Waals surface area contributed by atoms with Crippen LogP contribution >= 0.6 is 0 Å². The zero-order valence-electron chi connectivity index (χ0n) is 26.7. The van der Waals surface area contributed by atoms with Gasteiger partial charge in [-0.1, -0.05) is 153 Å². The Kier molecular flexibility index (Phi) is 31.2. The molecule has 3 aromatic rings. The third kappa shape index (κ3) is 23.4. The van der Waals surface area contributed by atoms with E-state index in [0.717, 1.165) is 35.8 Å². The van der Waals surface area contributed by atoms with Gasteiger partial charge in [0.25, 0.3) is 0 Å². The normalized spacial score (nSPS) is 11.8. The molecule has 1 aliphatic carbocycles. The number of aliphatic imine (C=N–C) groups is 1. The molecule has 0 unspecified atom stereocenters. The fourth-order valence-corrected chi connectivity index (χ4v) is 3.55. The van der Waals surface area contributed by atoms with Crippen LogP contribution in [0.2, 0.25) is 0 Å². The van der Waals surface area contributed by atoms with Crippen LogP contribution in [-0.4, -0.2) is 19.4 Å². The number of para-hydroxylation sites is 2. The van der Waals surface area contributed by atoms with Gasteiger partial charge in [-0.25, -0.2) is 0 Å². The average Bonchev–Trinajstić information content (AvgIpc) is 3.58. The molecule has 2 heterocycles. The van der Waals surface area contributed by atoms with E-state index in [9.17, 15) is 0 Å². The first-order valence-corrected chi connectivity index (χ1v) is 15.1. The summed E-state index contributed by atoms with van der Waals surface area (Å²) in [6.07, 6.45) is 5.89. The lowest BCUT2D eigenvalue weighted by Gasteiger charge is -2.17. The minimum Gasteiger partial charge on any atom is -0.486 e. The summed E-state index contributed by atoms with van der Waals surface area (Å²) in [6, 6.07) is 24.7. The highest BCUT2D eigenvalue weighted by atomic mass is 16.6. The molecule has 3 aliphatic rings. The first-order chi connectivity index (χ1) is 19.1. The van der Waals surface area contributed by atoms with Crippen LogP contribution in [0.4, 0.5) is 0 Å². The number of ether oxygens (including phenoxy) is 2. The van der Waals surface area contributed by atoms with Gasteiger partial charge in [0.1, 0.15) is 13.2 Å². The summed E-state index contributed by atoms with van der Waals surface area (Å²) in [5, 5.41) is 0. The van der Waals surface area contributed by atoms with Gasteiger partial charge < -0.3 is 9.47 Å². The number of fused-ring (bicyclic) bond motifs is 3. The number of rotatable bonds is 0. The standard InChI is InChI=1S/C9H10.C8H7N.C8H8O2.3C4H10.4CH4/c1-2-5-9-7-3-6-8(9)4-1;1-2-4-8-6-9-5-7(8)3-1;1-2-4-8-7(3-1)9-5-6-10-8;3*1-4(2)3;;;;/h1-2,4-5H,3,6-7H2;1-5H,6H2;1-4H,5-6H2;3*4H,1-3H3;4*1H4. The lowest BCUT2D eigenvalue weighted by Crippen LogP contribution is -2.14. The highest BCUT2D eigenvalue weighted by molar-refractivity contribution is 5.84. The molecule has 0 amide bonds. The van der Waals surface area contributed by atoms with Gasteiger partial charge in [-0.3, -0.25) is 4.99 Å². The number of nitrogens with zero attached hydrogens (tertiary/aromatic N) is 1. The highest BCUT2D eigenvalue weighted by Gasteiger charge is 2.08. The molecule has 0 saturated heterocycles. The van der Waals surface area contributed by atoms with Gasteiger partial charge >= 0.3 is 0 Å². The van der Waals surface area contributed by atoms with Crippen LogP contribution in [0.25, 0.3) is 0 Å². The molecule has 44 heavy (non-hydrogen) atoms. The molecule has 3 nitrogen and oxygen atoms in total. The molecule has 0 saturated carbocycles. The summed E-state index contributed by atoms with van der Waals surface area (Å²) in [4.78, 5) is 4.13. The Balaban J connectivity index is -0.000000224. The van der Waals surface area contributed by atoms with Crippen molar-refractivity contribution >= 4 is 6.21 Å². The van der Waals surface area contributed by atoms with Crippen molar-refractivity contribution in [1.82, 2.24) is 0 Å². The Morgan fingerprint density at radius 2 is 0.841 bits per heavy atom. The van der Waals surface area contributed by atoms with Gasteiger partial charge in [0.2, 0.25) is 0 Å². The predicted octanol–water partition coefficient (Wildman–Crippen LogP) is 12.8. The maximum absolute atomic E-state index is 5.30. The molecule has 0 N–H and O–H groups in total. The molecule has 0 fully saturated rings. The Bertz CT molecular complexity index is 1010. The summed E-state index contributed by atoms with van der Waals surface area (Å²) in [7, 11) is 0. The Morgan fingerprint density at radius 3 is 1.23 bits per heavy atom. The molecule has 3 heteroatoms. The molecule has 2 aliphatic heterocycles. The number of hydrogen-bond acceptors (Lipinski definition) is 3. The second-order valence-corrected chi connectivity index (χ2v) is 12.1. The van der Waals surface area contributed by atoms with E-state index in [1.807, 2.05) is 42.6 Å². The van der Waals surface area contributed by atoms with Gasteiger partial charge in [-0.2, -0.15) is 0 Å². The zero-order chi connectivity index (χ0) is 29.8. The van der Waals surface area contributed by atoms with Crippen LogP contribution < -0.4 is 9.47 Å². The van der Waals surface area contributed by atoms with Crippen molar-refractivity contribution in [3.63, 3.8) is 0 Å². The quantitative estimate of drug-likeness (QED) is 0.254. The predicted molar refractivity (Wildman–Crippen MR) is 202 cm³/mol. The molecular formula is C41H71NO2. The van der Waals surface area contributed by atoms with Crippen molar-refractivity contribution in [2.45, 2.75) is 118 Å². The van der Waals surface area contributed by atoms with Crippen LogP contribution in [0.3, 0.4) is 0 Å². The van der Waals surface area contributed by atoms with Crippen LogP contribution in [-0.2, 0) is 19.4 Å². The van der Waals surface area contributed by atoms with E-state index in [0.29, 0.717) is 13.2 Å². The van der Waals surface area contributed by atoms with Gasteiger partial charge in [0.05, 0.1) is 6.54 Å². The largest absolute Gasteiger partial charge is 0.486 e. The topological polar surface area (TPSA) is 30.8 Å². The minimum absolute atomic E-state index is 0. The lowest BCUT2D eigenvalue weighted by atomic mass is 10.1. The van der Waals surface area contributed by atoms with Gasteiger partial charge in [0.15, 0.2) is 11.5 Å². The number of hydrogen-bond donors (Lipinski definition) is 0. The van der Waals surface area contributed by atoms with Crippen LogP contribution in [0, 0.1) is 17.8 Å². The van der Waals surface area contributed by atoms with E-state index in [2.05, 4.69) is 104 Å². The van der Waals surface area contributed by atoms with Gasteiger partial charge in [-0.15, -0.1) is 0 Å². The van der Waals surface area contributed by atoms with Crippen molar-refractivity contribution in [3.8, 4) is 11.5 Å². The fraction of sp³-hybridized carbons (Fsp3) is 0.537. The highest BCUT2D eigenvalue weighted by Crippen LogP contribution is 2.28. The maximum Gasteiger partial charge on any atom is 0.161 e. The van der Waals surface area contributed by atoms with E-state index >= 15 is 0 Å². The monoisotopic (exact) mass is 610 g/mol. The van der Waals surface area contributed by atoms with E-state index in [-0.39, 0.29) is 29.7 Å². The number of benzene rings is 3. The smallest absolute Gasteiger partial charge is 0.161 e. The first kappa shape index (κ1) is 47.8. The first-order valence-electron chi connectivity index (χ1n) is 15.1. The maximum atomic E-state index is 5.30. The lowest BCUT2D eigenvalue weighted by molar-refractivity contribution is 0.171. The van der Waals surface area contributed by atoms with Crippen molar-refractivity contribution in [3.05, 3.63) is 95.1 Å². The molecule has 0 atom stereocenters. The van der Waals surface area contributed by atoms with Crippen molar-refractivity contribution in [2.24, 2.45) is 22.7 Å². The molecular weight excluding hydrogens is 538 g/mol. The number of aryl methyl sites for hydroxylation is 2. The van der Waals surface area contributed by atoms with Crippen molar-refractivity contribution < 1.29 is 9.47 Å². The molecule has 3 aromatic carbocycles. The summed E-state index contributed by atoms with van der Waals surface area (Å²) < 4.78 is 10.6. The average molecular weight is 610 g/mol. The molecule has 252 valence electrons.